The fourth-order valence-electron chi connectivity index (χ4n) is 2.72. The number of halogens is 2. The third-order valence-electron chi connectivity index (χ3n) is 3.78. The molecule has 0 saturated heterocycles. The van der Waals surface area contributed by atoms with Crippen LogP contribution in [-0.2, 0) is 0 Å². The molecule has 3 rings (SSSR count). The zero-order chi connectivity index (χ0) is 15.0. The first kappa shape index (κ1) is 13.9. The molecule has 6 heteroatoms. The number of hydrogen-bond acceptors (Lipinski definition) is 3. The highest BCUT2D eigenvalue weighted by Gasteiger charge is 2.34. The lowest BCUT2D eigenvalue weighted by Gasteiger charge is -2.32. The Morgan fingerprint density at radius 2 is 2.05 bits per heavy atom. The van der Waals surface area contributed by atoms with Gasteiger partial charge in [-0.1, -0.05) is 12.1 Å². The van der Waals surface area contributed by atoms with Gasteiger partial charge in [-0.2, -0.15) is 5.10 Å². The van der Waals surface area contributed by atoms with E-state index in [0.29, 0.717) is 12.2 Å². The van der Waals surface area contributed by atoms with Gasteiger partial charge in [0.2, 0.25) is 0 Å². The molecule has 2 atom stereocenters. The number of nitrogens with one attached hydrogen (secondary N) is 1. The minimum atomic E-state index is -2.44. The van der Waals surface area contributed by atoms with E-state index in [1.54, 1.807) is 20.1 Å². The summed E-state index contributed by atoms with van der Waals surface area (Å²) >= 11 is 0. The van der Waals surface area contributed by atoms with Crippen LogP contribution in [0.1, 0.15) is 29.8 Å². The van der Waals surface area contributed by atoms with Crippen molar-refractivity contribution in [3.63, 3.8) is 0 Å². The number of methoxy groups -OCH3 is 1. The quantitative estimate of drug-likeness (QED) is 0.940. The Morgan fingerprint density at radius 3 is 2.67 bits per heavy atom. The maximum atomic E-state index is 13.3. The van der Waals surface area contributed by atoms with E-state index >= 15 is 0 Å². The van der Waals surface area contributed by atoms with E-state index in [1.165, 1.54) is 4.68 Å². The molecule has 1 aromatic carbocycles. The standard InChI is InChI=1S/C15H17F2N3O/c1-9-7-14-18-12(8-13(15(16)17)20(14)19-9)10-3-5-11(21-2)6-4-10/h3-7,12-13,15,18H,8H2,1-2H3. The molecule has 0 bridgehead atoms. The van der Waals surface area contributed by atoms with Crippen LogP contribution in [0.25, 0.3) is 0 Å². The minimum Gasteiger partial charge on any atom is -0.497 e. The normalized spacial score (nSPS) is 21.0. The molecule has 0 fully saturated rings. The number of benzene rings is 1. The highest BCUT2D eigenvalue weighted by molar-refractivity contribution is 5.44. The van der Waals surface area contributed by atoms with Gasteiger partial charge >= 0.3 is 0 Å². The van der Waals surface area contributed by atoms with E-state index in [9.17, 15) is 8.78 Å². The first-order chi connectivity index (χ1) is 10.1. The van der Waals surface area contributed by atoms with E-state index in [0.717, 1.165) is 17.0 Å². The molecule has 0 saturated carbocycles. The molecular formula is C15H17F2N3O. The van der Waals surface area contributed by atoms with Crippen LogP contribution < -0.4 is 10.1 Å². The van der Waals surface area contributed by atoms with E-state index in [4.69, 9.17) is 4.74 Å². The summed E-state index contributed by atoms with van der Waals surface area (Å²) < 4.78 is 33.1. The molecule has 1 aliphatic heterocycles. The van der Waals surface area contributed by atoms with Crippen LogP contribution in [0.2, 0.25) is 0 Å². The number of rotatable bonds is 3. The second-order valence-corrected chi connectivity index (χ2v) is 5.22. The van der Waals surface area contributed by atoms with Crippen LogP contribution in [0.3, 0.4) is 0 Å². The number of hydrogen-bond donors (Lipinski definition) is 1. The zero-order valence-corrected chi connectivity index (χ0v) is 11.9. The Bertz CT molecular complexity index is 624. The summed E-state index contributed by atoms with van der Waals surface area (Å²) in [7, 11) is 1.60. The summed E-state index contributed by atoms with van der Waals surface area (Å²) in [6.07, 6.45) is -2.14. The Hall–Kier alpha value is -2.11. The molecule has 2 unspecified atom stereocenters. The first-order valence-corrected chi connectivity index (χ1v) is 6.83. The van der Waals surface area contributed by atoms with Gasteiger partial charge in [-0.05, 0) is 31.0 Å². The van der Waals surface area contributed by atoms with Crippen molar-refractivity contribution >= 4 is 5.82 Å². The van der Waals surface area contributed by atoms with Crippen LogP contribution in [-0.4, -0.2) is 23.3 Å². The predicted molar refractivity (Wildman–Crippen MR) is 76.0 cm³/mol. The minimum absolute atomic E-state index is 0.154. The summed E-state index contributed by atoms with van der Waals surface area (Å²) in [5, 5.41) is 7.45. The van der Waals surface area contributed by atoms with Crippen LogP contribution in [0.5, 0.6) is 5.75 Å². The van der Waals surface area contributed by atoms with E-state index < -0.39 is 12.5 Å². The second-order valence-electron chi connectivity index (χ2n) is 5.22. The predicted octanol–water partition coefficient (Wildman–Crippen LogP) is 3.56. The van der Waals surface area contributed by atoms with E-state index in [2.05, 4.69) is 10.4 Å². The number of fused-ring (bicyclic) bond motifs is 1. The summed E-state index contributed by atoms with van der Waals surface area (Å²) in [4.78, 5) is 0. The number of nitrogens with zero attached hydrogens (tertiary/aromatic N) is 2. The van der Waals surface area contributed by atoms with E-state index in [1.807, 2.05) is 24.3 Å². The molecule has 2 aromatic rings. The van der Waals surface area contributed by atoms with Crippen LogP contribution >= 0.6 is 0 Å². The topological polar surface area (TPSA) is 39.1 Å². The Kier molecular flexibility index (Phi) is 3.53. The summed E-state index contributed by atoms with van der Waals surface area (Å²) in [6.45, 7) is 1.80. The Balaban J connectivity index is 1.91. The lowest BCUT2D eigenvalue weighted by Crippen LogP contribution is -2.30. The van der Waals surface area contributed by atoms with Crippen molar-refractivity contribution in [3.8, 4) is 5.75 Å². The highest BCUT2D eigenvalue weighted by atomic mass is 19.3. The summed E-state index contributed by atoms with van der Waals surface area (Å²) in [5.41, 5.74) is 1.70. The fraction of sp³-hybridized carbons (Fsp3) is 0.400. The van der Waals surface area contributed by atoms with Crippen molar-refractivity contribution < 1.29 is 13.5 Å². The molecule has 4 nitrogen and oxygen atoms in total. The second kappa shape index (κ2) is 5.35. The van der Waals surface area contributed by atoms with Gasteiger partial charge in [0.05, 0.1) is 18.8 Å². The summed E-state index contributed by atoms with van der Waals surface area (Å²) in [5.74, 6) is 1.39. The molecule has 1 aliphatic rings. The van der Waals surface area contributed by atoms with Gasteiger partial charge in [0, 0.05) is 6.07 Å². The van der Waals surface area contributed by atoms with Crippen molar-refractivity contribution in [2.45, 2.75) is 31.9 Å². The molecule has 0 radical (unpaired) electrons. The fourth-order valence-corrected chi connectivity index (χ4v) is 2.72. The van der Waals surface area contributed by atoms with Crippen LogP contribution in [0.15, 0.2) is 30.3 Å². The smallest absolute Gasteiger partial charge is 0.260 e. The maximum absolute atomic E-state index is 13.3. The van der Waals surface area contributed by atoms with Crippen molar-refractivity contribution in [1.82, 2.24) is 9.78 Å². The van der Waals surface area contributed by atoms with Gasteiger partial charge < -0.3 is 10.1 Å². The number of aromatic nitrogens is 2. The molecule has 0 aliphatic carbocycles. The number of anilines is 1. The average Bonchev–Trinajstić information content (AvgIpc) is 2.86. The Labute approximate surface area is 121 Å². The molecular weight excluding hydrogens is 276 g/mol. The SMILES string of the molecule is COc1ccc(C2CC(C(F)F)n3nc(C)cc3N2)cc1. The van der Waals surface area contributed by atoms with Crippen molar-refractivity contribution in [3.05, 3.63) is 41.6 Å². The first-order valence-electron chi connectivity index (χ1n) is 6.83. The van der Waals surface area contributed by atoms with Crippen LogP contribution in [0.4, 0.5) is 14.6 Å². The van der Waals surface area contributed by atoms with Crippen molar-refractivity contribution in [1.29, 1.82) is 0 Å². The molecule has 2 heterocycles. The molecule has 1 N–H and O–H groups in total. The zero-order valence-electron chi connectivity index (χ0n) is 11.9. The lowest BCUT2D eigenvalue weighted by molar-refractivity contribution is 0.0657. The van der Waals surface area contributed by atoms with Crippen molar-refractivity contribution in [2.75, 3.05) is 12.4 Å². The van der Waals surface area contributed by atoms with Gasteiger partial charge in [0.25, 0.3) is 6.43 Å². The van der Waals surface area contributed by atoms with Gasteiger partial charge in [0.15, 0.2) is 0 Å². The van der Waals surface area contributed by atoms with Gasteiger partial charge in [0.1, 0.15) is 17.6 Å². The largest absolute Gasteiger partial charge is 0.497 e. The third kappa shape index (κ3) is 2.57. The van der Waals surface area contributed by atoms with Gasteiger partial charge in [-0.3, -0.25) is 0 Å². The Morgan fingerprint density at radius 1 is 1.33 bits per heavy atom. The molecule has 0 spiro atoms. The molecule has 1 aromatic heterocycles. The maximum Gasteiger partial charge on any atom is 0.260 e. The summed E-state index contributed by atoms with van der Waals surface area (Å²) in [6, 6.07) is 8.22. The van der Waals surface area contributed by atoms with E-state index in [-0.39, 0.29) is 6.04 Å². The van der Waals surface area contributed by atoms with Crippen LogP contribution in [0, 0.1) is 6.92 Å². The average molecular weight is 293 g/mol. The molecule has 21 heavy (non-hydrogen) atoms. The molecule has 112 valence electrons. The third-order valence-corrected chi connectivity index (χ3v) is 3.78. The monoisotopic (exact) mass is 293 g/mol. The number of ether oxygens (including phenoxy) is 1. The number of aryl methyl sites for hydroxylation is 1. The highest BCUT2D eigenvalue weighted by Crippen LogP contribution is 2.38. The lowest BCUT2D eigenvalue weighted by atomic mass is 9.97. The van der Waals surface area contributed by atoms with Crippen molar-refractivity contribution in [2.24, 2.45) is 0 Å². The van der Waals surface area contributed by atoms with Gasteiger partial charge in [-0.15, -0.1) is 0 Å². The van der Waals surface area contributed by atoms with Gasteiger partial charge in [-0.25, -0.2) is 13.5 Å². The number of alkyl halides is 2. The molecule has 0 amide bonds.